The number of amides is 2. The number of aryl methyl sites for hydroxylation is 2. The molecule has 2 aliphatic rings. The number of fused-ring (bicyclic) bond motifs is 1. The molecular formula is C34H37Cl2N5O4S. The number of likely N-dealkylation sites (tertiary alicyclic amines) is 2. The number of thiazole rings is 1. The lowest BCUT2D eigenvalue weighted by molar-refractivity contribution is -0.145. The van der Waals surface area contributed by atoms with Gasteiger partial charge < -0.3 is 19.5 Å². The Balaban J connectivity index is 1.23. The van der Waals surface area contributed by atoms with Gasteiger partial charge in [-0.15, -0.1) is 11.3 Å². The molecular weight excluding hydrogens is 645 g/mol. The highest BCUT2D eigenvalue weighted by molar-refractivity contribution is 7.11. The molecule has 1 atom stereocenters. The number of rotatable bonds is 9. The summed E-state index contributed by atoms with van der Waals surface area (Å²) in [6.45, 7) is 2.38. The second-order valence-electron chi connectivity index (χ2n) is 11.9. The van der Waals surface area contributed by atoms with Crippen LogP contribution in [0.4, 0.5) is 5.69 Å². The lowest BCUT2D eigenvalue weighted by Gasteiger charge is -2.47. The van der Waals surface area contributed by atoms with E-state index >= 15 is 0 Å². The van der Waals surface area contributed by atoms with Crippen molar-refractivity contribution in [3.63, 3.8) is 0 Å². The number of benzene rings is 2. The molecule has 9 nitrogen and oxygen atoms in total. The predicted molar refractivity (Wildman–Crippen MR) is 182 cm³/mol. The molecule has 12 heteroatoms. The average molecular weight is 683 g/mol. The van der Waals surface area contributed by atoms with E-state index in [0.29, 0.717) is 39.8 Å². The third kappa shape index (κ3) is 6.28. The number of anilines is 1. The molecule has 4 heterocycles. The Labute approximate surface area is 282 Å². The maximum Gasteiger partial charge on any atom is 0.305 e. The first kappa shape index (κ1) is 32.5. The minimum atomic E-state index is -0.645. The van der Waals surface area contributed by atoms with Crippen molar-refractivity contribution in [3.8, 4) is 0 Å². The van der Waals surface area contributed by atoms with Crippen molar-refractivity contribution in [1.82, 2.24) is 19.4 Å². The smallest absolute Gasteiger partial charge is 0.305 e. The number of carbonyl (C=O) groups is 3. The minimum Gasteiger partial charge on any atom is -0.469 e. The molecule has 6 rings (SSSR count). The molecule has 0 aliphatic carbocycles. The Morgan fingerprint density at radius 2 is 1.83 bits per heavy atom. The summed E-state index contributed by atoms with van der Waals surface area (Å²) in [5, 5.41) is 5.29. The van der Waals surface area contributed by atoms with Crippen LogP contribution in [-0.2, 0) is 39.9 Å². The number of aromatic nitrogens is 2. The molecule has 1 N–H and O–H groups in total. The van der Waals surface area contributed by atoms with Crippen LogP contribution in [0.3, 0.4) is 0 Å². The predicted octanol–water partition coefficient (Wildman–Crippen LogP) is 6.80. The van der Waals surface area contributed by atoms with Crippen LogP contribution in [0.5, 0.6) is 0 Å². The molecule has 242 valence electrons. The van der Waals surface area contributed by atoms with Gasteiger partial charge in [0, 0.05) is 59.9 Å². The largest absolute Gasteiger partial charge is 0.469 e. The second-order valence-corrected chi connectivity index (χ2v) is 13.9. The fourth-order valence-corrected chi connectivity index (χ4v) is 8.44. The van der Waals surface area contributed by atoms with Crippen LogP contribution in [-0.4, -0.2) is 63.9 Å². The van der Waals surface area contributed by atoms with Crippen LogP contribution in [0.2, 0.25) is 10.0 Å². The van der Waals surface area contributed by atoms with Crippen molar-refractivity contribution in [3.05, 3.63) is 79.8 Å². The van der Waals surface area contributed by atoms with Gasteiger partial charge in [0.25, 0.3) is 5.91 Å². The standard InChI is InChI=1S/C34H37Cl2N5O4S/c1-39-21-25(24-9-4-5-10-29(24)39)32(44)38-28-19-26(35)22(17-27(28)36)18-30(42)41-16-8-13-34(41,40-14-6-3-7-15-40)33-37-20-23(46-33)11-12-31(43)45-2/h4-5,9-10,17,19-21H,3,6-8,11-16,18H2,1-2H3,(H,38,44)/t34-/m0/s1. The third-order valence-corrected chi connectivity index (χ3v) is 11.0. The Morgan fingerprint density at radius 3 is 2.61 bits per heavy atom. The summed E-state index contributed by atoms with van der Waals surface area (Å²) >= 11 is 15.0. The number of halogens is 2. The molecule has 2 fully saturated rings. The number of esters is 1. The van der Waals surface area contributed by atoms with Gasteiger partial charge in [0.1, 0.15) is 10.7 Å². The lowest BCUT2D eigenvalue weighted by Crippen LogP contribution is -2.58. The fourth-order valence-electron chi connectivity index (χ4n) is 6.81. The van der Waals surface area contributed by atoms with Crippen molar-refractivity contribution in [2.75, 3.05) is 32.1 Å². The van der Waals surface area contributed by atoms with Crippen molar-refractivity contribution >= 4 is 68.9 Å². The number of methoxy groups -OCH3 is 1. The van der Waals surface area contributed by atoms with E-state index in [1.54, 1.807) is 29.7 Å². The van der Waals surface area contributed by atoms with Crippen molar-refractivity contribution in [1.29, 1.82) is 0 Å². The van der Waals surface area contributed by atoms with Gasteiger partial charge in [-0.1, -0.05) is 47.8 Å². The highest BCUT2D eigenvalue weighted by Crippen LogP contribution is 2.45. The highest BCUT2D eigenvalue weighted by atomic mass is 35.5. The van der Waals surface area contributed by atoms with Gasteiger partial charge >= 0.3 is 5.97 Å². The zero-order valence-corrected chi connectivity index (χ0v) is 28.3. The van der Waals surface area contributed by atoms with E-state index in [1.165, 1.54) is 13.5 Å². The summed E-state index contributed by atoms with van der Waals surface area (Å²) in [6.07, 6.45) is 9.46. The van der Waals surface area contributed by atoms with Crippen molar-refractivity contribution < 1.29 is 19.1 Å². The van der Waals surface area contributed by atoms with Gasteiger partial charge in [-0.2, -0.15) is 0 Å². The molecule has 4 aromatic rings. The van der Waals surface area contributed by atoms with E-state index in [1.807, 2.05) is 47.0 Å². The molecule has 2 amide bonds. The maximum atomic E-state index is 14.2. The minimum absolute atomic E-state index is 0.0557. The number of nitrogens with one attached hydrogen (secondary N) is 1. The van der Waals surface area contributed by atoms with Crippen LogP contribution in [0, 0.1) is 0 Å². The number of para-hydroxylation sites is 1. The summed E-state index contributed by atoms with van der Waals surface area (Å²) in [5.41, 5.74) is 1.81. The monoisotopic (exact) mass is 681 g/mol. The molecule has 2 aliphatic heterocycles. The van der Waals surface area contributed by atoms with E-state index in [4.69, 9.17) is 32.9 Å². The summed E-state index contributed by atoms with van der Waals surface area (Å²) in [7, 11) is 3.29. The van der Waals surface area contributed by atoms with Crippen LogP contribution in [0.1, 0.15) is 64.3 Å². The number of ether oxygens (including phenoxy) is 1. The van der Waals surface area contributed by atoms with Gasteiger partial charge in [0.2, 0.25) is 5.91 Å². The summed E-state index contributed by atoms with van der Waals surface area (Å²) < 4.78 is 6.73. The highest BCUT2D eigenvalue weighted by Gasteiger charge is 2.51. The Morgan fingerprint density at radius 1 is 1.04 bits per heavy atom. The molecule has 0 radical (unpaired) electrons. The molecule has 2 aromatic carbocycles. The molecule has 2 aromatic heterocycles. The Bertz CT molecular complexity index is 1780. The zero-order valence-electron chi connectivity index (χ0n) is 26.0. The molecule has 46 heavy (non-hydrogen) atoms. The molecule has 0 saturated carbocycles. The van der Waals surface area contributed by atoms with E-state index in [2.05, 4.69) is 10.2 Å². The number of hydrogen-bond acceptors (Lipinski definition) is 7. The Hall–Kier alpha value is -3.44. The number of hydrogen-bond donors (Lipinski definition) is 1. The summed E-state index contributed by atoms with van der Waals surface area (Å²) in [4.78, 5) is 49.5. The molecule has 0 spiro atoms. The first-order chi connectivity index (χ1) is 22.2. The molecule has 0 unspecified atom stereocenters. The summed E-state index contributed by atoms with van der Waals surface area (Å²) in [6, 6.07) is 11.0. The van der Waals surface area contributed by atoms with E-state index < -0.39 is 5.66 Å². The third-order valence-electron chi connectivity index (χ3n) is 9.10. The first-order valence-electron chi connectivity index (χ1n) is 15.6. The Kier molecular flexibility index (Phi) is 9.70. The lowest BCUT2D eigenvalue weighted by atomic mass is 9.99. The van der Waals surface area contributed by atoms with Gasteiger partial charge in [-0.25, -0.2) is 4.98 Å². The summed E-state index contributed by atoms with van der Waals surface area (Å²) in [5.74, 6) is -0.607. The number of nitrogens with zero attached hydrogens (tertiary/aromatic N) is 4. The SMILES string of the molecule is COC(=O)CCc1cnc([C@]2(N3CCCCC3)CCCN2C(=O)Cc2cc(Cl)c(NC(=O)c3cn(C)c4ccccc34)cc2Cl)s1. The van der Waals surface area contributed by atoms with Crippen LogP contribution < -0.4 is 5.32 Å². The zero-order chi connectivity index (χ0) is 32.4. The topological polar surface area (TPSA) is 96.8 Å². The first-order valence-corrected chi connectivity index (χ1v) is 17.2. The fraction of sp³-hybridized carbons (Fsp3) is 0.412. The van der Waals surface area contributed by atoms with Crippen LogP contribution in [0.25, 0.3) is 10.9 Å². The normalized spacial score (nSPS) is 18.7. The van der Waals surface area contributed by atoms with Crippen LogP contribution in [0.15, 0.2) is 48.8 Å². The molecule has 2 saturated heterocycles. The quantitative estimate of drug-likeness (QED) is 0.195. The van der Waals surface area contributed by atoms with Crippen LogP contribution >= 0.6 is 34.5 Å². The second kappa shape index (κ2) is 13.7. The number of carbonyl (C=O) groups excluding carboxylic acids is 3. The number of piperidine rings is 1. The van der Waals surface area contributed by atoms with Gasteiger partial charge in [0.15, 0.2) is 0 Å². The van der Waals surface area contributed by atoms with Gasteiger partial charge in [-0.05, 0) is 55.9 Å². The van der Waals surface area contributed by atoms with E-state index in [0.717, 1.165) is 59.6 Å². The van der Waals surface area contributed by atoms with E-state index in [-0.39, 0.29) is 30.6 Å². The van der Waals surface area contributed by atoms with Gasteiger partial charge in [0.05, 0.1) is 36.2 Å². The maximum absolute atomic E-state index is 14.2. The van der Waals surface area contributed by atoms with Gasteiger partial charge in [-0.3, -0.25) is 19.3 Å². The molecule has 0 bridgehead atoms. The van der Waals surface area contributed by atoms with Crippen molar-refractivity contribution in [2.45, 2.75) is 57.0 Å². The van der Waals surface area contributed by atoms with Crippen molar-refractivity contribution in [2.24, 2.45) is 7.05 Å². The van der Waals surface area contributed by atoms with E-state index in [9.17, 15) is 14.4 Å². The average Bonchev–Trinajstić information content (AvgIpc) is 3.81.